The first-order valence-electron chi connectivity index (χ1n) is 7.00. The second-order valence-corrected chi connectivity index (χ2v) is 6.27. The normalized spacial score (nSPS) is 17.3. The highest BCUT2D eigenvalue weighted by Gasteiger charge is 2.28. The molecule has 1 saturated heterocycles. The number of aryl methyl sites for hydroxylation is 1. The van der Waals surface area contributed by atoms with E-state index in [0.717, 1.165) is 31.9 Å². The standard InChI is InChI=1S/C15H23N3O2/c1-11-5-6-12(14(19)20)13(16-11)17-7-9-18(10-8-17)15(2,3)4/h5-6H,7-10H2,1-4H3,(H,19,20). The average molecular weight is 277 g/mol. The van der Waals surface area contributed by atoms with Gasteiger partial charge in [0.05, 0.1) is 0 Å². The van der Waals surface area contributed by atoms with Crippen molar-refractivity contribution in [1.29, 1.82) is 0 Å². The van der Waals surface area contributed by atoms with E-state index in [1.807, 2.05) is 6.92 Å². The van der Waals surface area contributed by atoms with Gasteiger partial charge in [0.2, 0.25) is 0 Å². The van der Waals surface area contributed by atoms with E-state index in [0.29, 0.717) is 11.4 Å². The Balaban J connectivity index is 2.18. The Labute approximate surface area is 120 Å². The van der Waals surface area contributed by atoms with Gasteiger partial charge in [-0.1, -0.05) is 0 Å². The second-order valence-electron chi connectivity index (χ2n) is 6.27. The summed E-state index contributed by atoms with van der Waals surface area (Å²) >= 11 is 0. The minimum atomic E-state index is -0.911. The molecule has 1 aliphatic rings. The summed E-state index contributed by atoms with van der Waals surface area (Å²) in [5.41, 5.74) is 1.30. The van der Waals surface area contributed by atoms with Gasteiger partial charge in [0.1, 0.15) is 11.4 Å². The number of carbonyl (C=O) groups is 1. The largest absolute Gasteiger partial charge is 0.478 e. The summed E-state index contributed by atoms with van der Waals surface area (Å²) < 4.78 is 0. The number of aromatic nitrogens is 1. The Hall–Kier alpha value is -1.62. The van der Waals surface area contributed by atoms with Crippen LogP contribution >= 0.6 is 0 Å². The summed E-state index contributed by atoms with van der Waals surface area (Å²) in [5.74, 6) is -0.309. The lowest BCUT2D eigenvalue weighted by Crippen LogP contribution is -2.53. The van der Waals surface area contributed by atoms with Crippen LogP contribution in [0.25, 0.3) is 0 Å². The van der Waals surface area contributed by atoms with Crippen LogP contribution in [0.15, 0.2) is 12.1 Å². The summed E-state index contributed by atoms with van der Waals surface area (Å²) in [7, 11) is 0. The predicted octanol–water partition coefficient (Wildman–Crippen LogP) is 2.01. The van der Waals surface area contributed by atoms with Crippen molar-refractivity contribution in [3.63, 3.8) is 0 Å². The number of piperazine rings is 1. The zero-order valence-corrected chi connectivity index (χ0v) is 12.7. The van der Waals surface area contributed by atoms with Crippen molar-refractivity contribution in [2.24, 2.45) is 0 Å². The second kappa shape index (κ2) is 5.40. The van der Waals surface area contributed by atoms with E-state index >= 15 is 0 Å². The van der Waals surface area contributed by atoms with Gasteiger partial charge >= 0.3 is 5.97 Å². The number of anilines is 1. The topological polar surface area (TPSA) is 56.7 Å². The van der Waals surface area contributed by atoms with Crippen LogP contribution in [-0.2, 0) is 0 Å². The van der Waals surface area contributed by atoms with Crippen LogP contribution in [0.1, 0.15) is 36.8 Å². The molecule has 1 aromatic rings. The van der Waals surface area contributed by atoms with Crippen molar-refractivity contribution in [1.82, 2.24) is 9.88 Å². The molecule has 0 atom stereocenters. The molecule has 5 nitrogen and oxygen atoms in total. The fraction of sp³-hybridized carbons (Fsp3) is 0.600. The van der Waals surface area contributed by atoms with Crippen molar-refractivity contribution in [2.75, 3.05) is 31.1 Å². The fourth-order valence-corrected chi connectivity index (χ4v) is 2.54. The molecule has 0 amide bonds. The van der Waals surface area contributed by atoms with Crippen molar-refractivity contribution >= 4 is 11.8 Å². The molecular formula is C15H23N3O2. The number of aromatic carboxylic acids is 1. The molecule has 0 aromatic carbocycles. The Kier molecular flexibility index (Phi) is 3.99. The molecule has 110 valence electrons. The zero-order chi connectivity index (χ0) is 14.9. The maximum Gasteiger partial charge on any atom is 0.339 e. The van der Waals surface area contributed by atoms with Crippen molar-refractivity contribution in [3.8, 4) is 0 Å². The molecule has 2 rings (SSSR count). The smallest absolute Gasteiger partial charge is 0.339 e. The van der Waals surface area contributed by atoms with E-state index in [9.17, 15) is 9.90 Å². The first-order chi connectivity index (χ1) is 9.29. The maximum atomic E-state index is 11.3. The molecule has 20 heavy (non-hydrogen) atoms. The Morgan fingerprint density at radius 3 is 2.30 bits per heavy atom. The molecule has 2 heterocycles. The average Bonchev–Trinajstić information content (AvgIpc) is 2.37. The Morgan fingerprint density at radius 1 is 1.20 bits per heavy atom. The van der Waals surface area contributed by atoms with Gasteiger partial charge < -0.3 is 10.0 Å². The van der Waals surface area contributed by atoms with Gasteiger partial charge in [-0.2, -0.15) is 0 Å². The van der Waals surface area contributed by atoms with Gasteiger partial charge in [-0.05, 0) is 39.8 Å². The molecule has 0 radical (unpaired) electrons. The third kappa shape index (κ3) is 3.10. The third-order valence-corrected chi connectivity index (χ3v) is 3.77. The lowest BCUT2D eigenvalue weighted by Gasteiger charge is -2.42. The summed E-state index contributed by atoms with van der Waals surface area (Å²) in [5, 5.41) is 9.29. The van der Waals surface area contributed by atoms with E-state index < -0.39 is 5.97 Å². The molecule has 0 unspecified atom stereocenters. The molecule has 0 bridgehead atoms. The van der Waals surface area contributed by atoms with Gasteiger partial charge in [-0.3, -0.25) is 4.90 Å². The van der Waals surface area contributed by atoms with Gasteiger partial charge in [0, 0.05) is 37.4 Å². The van der Waals surface area contributed by atoms with Crippen molar-refractivity contribution < 1.29 is 9.90 Å². The van der Waals surface area contributed by atoms with Crippen molar-refractivity contribution in [3.05, 3.63) is 23.4 Å². The Bertz CT molecular complexity index is 500. The molecule has 1 N–H and O–H groups in total. The number of hydrogen-bond donors (Lipinski definition) is 1. The predicted molar refractivity (Wildman–Crippen MR) is 79.5 cm³/mol. The molecule has 5 heteroatoms. The van der Waals surface area contributed by atoms with E-state index in [-0.39, 0.29) is 5.54 Å². The zero-order valence-electron chi connectivity index (χ0n) is 12.7. The fourth-order valence-electron chi connectivity index (χ4n) is 2.54. The van der Waals surface area contributed by atoms with Crippen LogP contribution in [0.5, 0.6) is 0 Å². The van der Waals surface area contributed by atoms with Crippen molar-refractivity contribution in [2.45, 2.75) is 33.2 Å². The highest BCUT2D eigenvalue weighted by Crippen LogP contribution is 2.23. The molecule has 1 fully saturated rings. The molecule has 0 spiro atoms. The summed E-state index contributed by atoms with van der Waals surface area (Å²) in [4.78, 5) is 20.3. The summed E-state index contributed by atoms with van der Waals surface area (Å²) in [6, 6.07) is 3.40. The maximum absolute atomic E-state index is 11.3. The van der Waals surface area contributed by atoms with Crippen LogP contribution < -0.4 is 4.90 Å². The number of rotatable bonds is 2. The number of hydrogen-bond acceptors (Lipinski definition) is 4. The van der Waals surface area contributed by atoms with Crippen LogP contribution in [0.2, 0.25) is 0 Å². The molecule has 1 aromatic heterocycles. The first-order valence-corrected chi connectivity index (χ1v) is 7.00. The molecule has 0 aliphatic carbocycles. The minimum Gasteiger partial charge on any atom is -0.478 e. The third-order valence-electron chi connectivity index (χ3n) is 3.77. The van der Waals surface area contributed by atoms with Crippen LogP contribution in [-0.4, -0.2) is 52.7 Å². The molecular weight excluding hydrogens is 254 g/mol. The SMILES string of the molecule is Cc1ccc(C(=O)O)c(N2CCN(C(C)(C)C)CC2)n1. The van der Waals surface area contributed by atoms with Crippen LogP contribution in [0.3, 0.4) is 0 Å². The van der Waals surface area contributed by atoms with E-state index in [1.54, 1.807) is 12.1 Å². The first kappa shape index (κ1) is 14.8. The number of carboxylic acids is 1. The summed E-state index contributed by atoms with van der Waals surface area (Å²) in [6.07, 6.45) is 0. The number of carboxylic acid groups (broad SMARTS) is 1. The number of nitrogens with zero attached hydrogens (tertiary/aromatic N) is 3. The van der Waals surface area contributed by atoms with E-state index in [4.69, 9.17) is 0 Å². The van der Waals surface area contributed by atoms with Gasteiger partial charge in [0.15, 0.2) is 0 Å². The monoisotopic (exact) mass is 277 g/mol. The van der Waals surface area contributed by atoms with Crippen LogP contribution in [0, 0.1) is 6.92 Å². The van der Waals surface area contributed by atoms with Gasteiger partial charge in [0.25, 0.3) is 0 Å². The number of pyridine rings is 1. The quantitative estimate of drug-likeness (QED) is 0.896. The van der Waals surface area contributed by atoms with Crippen LogP contribution in [0.4, 0.5) is 5.82 Å². The molecule has 1 aliphatic heterocycles. The van der Waals surface area contributed by atoms with Gasteiger partial charge in [-0.15, -0.1) is 0 Å². The highest BCUT2D eigenvalue weighted by atomic mass is 16.4. The van der Waals surface area contributed by atoms with E-state index in [1.165, 1.54) is 0 Å². The molecule has 0 saturated carbocycles. The van der Waals surface area contributed by atoms with Gasteiger partial charge in [-0.25, -0.2) is 9.78 Å². The Morgan fingerprint density at radius 2 is 1.80 bits per heavy atom. The highest BCUT2D eigenvalue weighted by molar-refractivity contribution is 5.93. The van der Waals surface area contributed by atoms with E-state index in [2.05, 4.69) is 35.6 Å². The lowest BCUT2D eigenvalue weighted by atomic mass is 10.0. The lowest BCUT2D eigenvalue weighted by molar-refractivity contribution is 0.0696. The summed E-state index contributed by atoms with van der Waals surface area (Å²) in [6.45, 7) is 12.0. The minimum absolute atomic E-state index is 0.155.